The van der Waals surface area contributed by atoms with E-state index >= 15 is 0 Å². The van der Waals surface area contributed by atoms with Crippen molar-refractivity contribution < 1.29 is 9.84 Å². The summed E-state index contributed by atoms with van der Waals surface area (Å²) in [6.45, 7) is 3.46. The van der Waals surface area contributed by atoms with E-state index in [-0.39, 0.29) is 5.75 Å². The fourth-order valence-electron chi connectivity index (χ4n) is 2.99. The number of anilines is 2. The average molecular weight is 378 g/mol. The number of rotatable bonds is 6. The van der Waals surface area contributed by atoms with Crippen molar-refractivity contribution in [3.05, 3.63) is 54.4 Å². The van der Waals surface area contributed by atoms with E-state index in [9.17, 15) is 5.11 Å². The van der Waals surface area contributed by atoms with Gasteiger partial charge in [0.25, 0.3) is 0 Å². The molecule has 8 heteroatoms. The molecule has 2 N–H and O–H groups in total. The van der Waals surface area contributed by atoms with E-state index in [1.54, 1.807) is 30.6 Å². The van der Waals surface area contributed by atoms with Gasteiger partial charge in [-0.2, -0.15) is 15.0 Å². The molecule has 3 heterocycles. The van der Waals surface area contributed by atoms with Crippen LogP contribution in [0, 0.1) is 0 Å². The minimum absolute atomic E-state index is 0.179. The highest BCUT2D eigenvalue weighted by Gasteiger charge is 2.17. The molecule has 1 fully saturated rings. The second-order valence-corrected chi connectivity index (χ2v) is 6.46. The molecule has 0 spiro atoms. The van der Waals surface area contributed by atoms with Crippen molar-refractivity contribution in [2.75, 3.05) is 43.1 Å². The first-order valence-corrected chi connectivity index (χ1v) is 9.29. The second-order valence-electron chi connectivity index (χ2n) is 6.46. The molecular weight excluding hydrogens is 356 g/mol. The number of morpholine rings is 1. The lowest BCUT2D eigenvalue weighted by atomic mass is 10.2. The number of hydrogen-bond acceptors (Lipinski definition) is 8. The molecule has 3 aromatic rings. The van der Waals surface area contributed by atoms with Crippen molar-refractivity contribution in [1.82, 2.24) is 19.9 Å². The molecule has 0 aliphatic carbocycles. The summed E-state index contributed by atoms with van der Waals surface area (Å²) in [4.78, 5) is 19.9. The molecule has 0 bridgehead atoms. The van der Waals surface area contributed by atoms with E-state index in [0.29, 0.717) is 37.5 Å². The molecule has 1 aliphatic heterocycles. The van der Waals surface area contributed by atoms with Crippen LogP contribution >= 0.6 is 0 Å². The molecule has 0 amide bonds. The molecule has 0 saturated carbocycles. The van der Waals surface area contributed by atoms with Gasteiger partial charge in [0.1, 0.15) is 5.75 Å². The average Bonchev–Trinajstić information content (AvgIpc) is 2.75. The van der Waals surface area contributed by atoms with Gasteiger partial charge in [-0.1, -0.05) is 12.1 Å². The van der Waals surface area contributed by atoms with Gasteiger partial charge in [-0.25, -0.2) is 0 Å². The highest BCUT2D eigenvalue weighted by Crippen LogP contribution is 2.23. The molecule has 4 rings (SSSR count). The standard InChI is InChI=1S/C20H22N6O2/c27-17-3-1-2-16(14-17)18-23-19(22-9-6-15-4-7-21-8-5-15)25-20(24-18)26-10-12-28-13-11-26/h1-5,7-8,14,27H,6,9-13H2,(H,22,23,24,25). The number of aromatic hydroxyl groups is 1. The van der Waals surface area contributed by atoms with Crippen molar-refractivity contribution in [2.45, 2.75) is 6.42 Å². The number of benzene rings is 1. The molecule has 1 aromatic carbocycles. The van der Waals surface area contributed by atoms with Crippen LogP contribution in [0.3, 0.4) is 0 Å². The van der Waals surface area contributed by atoms with Crippen LogP contribution in [-0.4, -0.2) is 57.9 Å². The number of nitrogens with one attached hydrogen (secondary N) is 1. The molecule has 0 atom stereocenters. The highest BCUT2D eigenvalue weighted by molar-refractivity contribution is 5.60. The van der Waals surface area contributed by atoms with Crippen LogP contribution in [0.5, 0.6) is 5.75 Å². The van der Waals surface area contributed by atoms with Crippen LogP contribution in [0.4, 0.5) is 11.9 Å². The van der Waals surface area contributed by atoms with Crippen LogP contribution in [0.1, 0.15) is 5.56 Å². The minimum Gasteiger partial charge on any atom is -0.508 e. The Bertz CT molecular complexity index is 916. The van der Waals surface area contributed by atoms with Crippen LogP contribution in [0.2, 0.25) is 0 Å². The van der Waals surface area contributed by atoms with Gasteiger partial charge < -0.3 is 20.1 Å². The lowest BCUT2D eigenvalue weighted by molar-refractivity contribution is 0.122. The summed E-state index contributed by atoms with van der Waals surface area (Å²) in [5, 5.41) is 13.1. The Balaban J connectivity index is 1.57. The topological polar surface area (TPSA) is 96.3 Å². The third-order valence-electron chi connectivity index (χ3n) is 4.47. The van der Waals surface area contributed by atoms with Crippen molar-refractivity contribution in [2.24, 2.45) is 0 Å². The van der Waals surface area contributed by atoms with E-state index < -0.39 is 0 Å². The Labute approximate surface area is 163 Å². The molecule has 1 aliphatic rings. The molecule has 0 unspecified atom stereocenters. The number of ether oxygens (including phenoxy) is 1. The SMILES string of the molecule is Oc1cccc(-c2nc(NCCc3ccncc3)nc(N3CCOCC3)n2)c1. The van der Waals surface area contributed by atoms with Crippen molar-refractivity contribution in [3.63, 3.8) is 0 Å². The van der Waals surface area contributed by atoms with Crippen molar-refractivity contribution in [3.8, 4) is 17.1 Å². The quantitative estimate of drug-likeness (QED) is 0.673. The predicted molar refractivity (Wildman–Crippen MR) is 106 cm³/mol. The van der Waals surface area contributed by atoms with Gasteiger partial charge in [0.15, 0.2) is 5.82 Å². The number of phenols is 1. The second kappa shape index (κ2) is 8.62. The van der Waals surface area contributed by atoms with Crippen LogP contribution in [-0.2, 0) is 11.2 Å². The zero-order chi connectivity index (χ0) is 19.2. The maximum Gasteiger partial charge on any atom is 0.230 e. The molecule has 8 nitrogen and oxygen atoms in total. The summed E-state index contributed by atoms with van der Waals surface area (Å²) in [6, 6.07) is 10.9. The Morgan fingerprint density at radius 3 is 2.64 bits per heavy atom. The van der Waals surface area contributed by atoms with E-state index in [1.165, 1.54) is 5.56 Å². The highest BCUT2D eigenvalue weighted by atomic mass is 16.5. The van der Waals surface area contributed by atoms with Crippen LogP contribution in [0.25, 0.3) is 11.4 Å². The molecule has 28 heavy (non-hydrogen) atoms. The first-order chi connectivity index (χ1) is 13.8. The Hall–Kier alpha value is -3.26. The summed E-state index contributed by atoms with van der Waals surface area (Å²) in [7, 11) is 0. The normalized spacial score (nSPS) is 14.1. The molecule has 144 valence electrons. The monoisotopic (exact) mass is 378 g/mol. The number of aromatic nitrogens is 4. The molecular formula is C20H22N6O2. The van der Waals surface area contributed by atoms with E-state index in [4.69, 9.17) is 4.74 Å². The largest absolute Gasteiger partial charge is 0.508 e. The summed E-state index contributed by atoms with van der Waals surface area (Å²) in [5.74, 6) is 1.84. The number of nitrogens with zero attached hydrogens (tertiary/aromatic N) is 5. The van der Waals surface area contributed by atoms with Gasteiger partial charge >= 0.3 is 0 Å². The van der Waals surface area contributed by atoms with Crippen molar-refractivity contribution in [1.29, 1.82) is 0 Å². The number of hydrogen-bond donors (Lipinski definition) is 2. The summed E-state index contributed by atoms with van der Waals surface area (Å²) in [5.41, 5.74) is 1.94. The maximum absolute atomic E-state index is 9.81. The third kappa shape index (κ3) is 4.52. The van der Waals surface area contributed by atoms with Gasteiger partial charge in [-0.3, -0.25) is 4.98 Å². The third-order valence-corrected chi connectivity index (χ3v) is 4.47. The molecule has 0 radical (unpaired) electrons. The number of phenolic OH excluding ortho intramolecular Hbond substituents is 1. The van der Waals surface area contributed by atoms with Gasteiger partial charge in [-0.05, 0) is 36.2 Å². The summed E-state index contributed by atoms with van der Waals surface area (Å²) < 4.78 is 5.43. The predicted octanol–water partition coefficient (Wildman–Crippen LogP) is 2.13. The van der Waals surface area contributed by atoms with Crippen LogP contribution < -0.4 is 10.2 Å². The van der Waals surface area contributed by atoms with E-state index in [0.717, 1.165) is 25.1 Å². The van der Waals surface area contributed by atoms with E-state index in [1.807, 2.05) is 18.2 Å². The first-order valence-electron chi connectivity index (χ1n) is 9.29. The zero-order valence-corrected chi connectivity index (χ0v) is 15.5. The summed E-state index contributed by atoms with van der Waals surface area (Å²) >= 11 is 0. The van der Waals surface area contributed by atoms with Crippen LogP contribution in [0.15, 0.2) is 48.8 Å². The maximum atomic E-state index is 9.81. The van der Waals surface area contributed by atoms with Crippen molar-refractivity contribution >= 4 is 11.9 Å². The van der Waals surface area contributed by atoms with Gasteiger partial charge in [-0.15, -0.1) is 0 Å². The molecule has 2 aromatic heterocycles. The Morgan fingerprint density at radius 2 is 1.86 bits per heavy atom. The lowest BCUT2D eigenvalue weighted by Crippen LogP contribution is -2.37. The van der Waals surface area contributed by atoms with Gasteiger partial charge in [0, 0.05) is 37.6 Å². The Kier molecular flexibility index (Phi) is 5.58. The fraction of sp³-hybridized carbons (Fsp3) is 0.300. The minimum atomic E-state index is 0.179. The van der Waals surface area contributed by atoms with Gasteiger partial charge in [0.2, 0.25) is 11.9 Å². The zero-order valence-electron chi connectivity index (χ0n) is 15.5. The smallest absolute Gasteiger partial charge is 0.230 e. The fourth-order valence-corrected chi connectivity index (χ4v) is 2.99. The lowest BCUT2D eigenvalue weighted by Gasteiger charge is -2.27. The summed E-state index contributed by atoms with van der Waals surface area (Å²) in [6.07, 6.45) is 4.41. The van der Waals surface area contributed by atoms with Gasteiger partial charge in [0.05, 0.1) is 13.2 Å². The first kappa shape index (κ1) is 18.1. The number of pyridine rings is 1. The Morgan fingerprint density at radius 1 is 1.04 bits per heavy atom. The molecule has 1 saturated heterocycles. The van der Waals surface area contributed by atoms with E-state index in [2.05, 4.69) is 30.2 Å².